The summed E-state index contributed by atoms with van der Waals surface area (Å²) in [7, 11) is 0. The van der Waals surface area contributed by atoms with Gasteiger partial charge in [0, 0.05) is 6.04 Å². The van der Waals surface area contributed by atoms with E-state index in [0.29, 0.717) is 0 Å². The first-order valence-corrected chi connectivity index (χ1v) is 7.37. The summed E-state index contributed by atoms with van der Waals surface area (Å²) in [5.74, 6) is 0. The molecule has 0 aromatic rings. The van der Waals surface area contributed by atoms with Crippen LogP contribution in [0.3, 0.4) is 0 Å². The van der Waals surface area contributed by atoms with Crippen molar-refractivity contribution in [2.24, 2.45) is 0 Å². The highest BCUT2D eigenvalue weighted by atomic mass is 19.4. The Morgan fingerprint density at radius 3 is 2.26 bits per heavy atom. The Morgan fingerprint density at radius 2 is 1.68 bits per heavy atom. The zero-order chi connectivity index (χ0) is 14.6. The van der Waals surface area contributed by atoms with Gasteiger partial charge in [-0.2, -0.15) is 13.2 Å². The minimum absolute atomic E-state index is 0.0453. The number of hydrogen-bond donors (Lipinski definition) is 1. The van der Waals surface area contributed by atoms with Gasteiger partial charge in [0.25, 0.3) is 0 Å². The number of hydrogen-bond acceptors (Lipinski definition) is 2. The summed E-state index contributed by atoms with van der Waals surface area (Å²) in [5, 5.41) is 3.25. The third kappa shape index (κ3) is 13.9. The Bertz CT molecular complexity index is 198. The van der Waals surface area contributed by atoms with Crippen LogP contribution in [0.4, 0.5) is 13.2 Å². The maximum absolute atomic E-state index is 12.0. The Hall–Kier alpha value is -0.290. The van der Waals surface area contributed by atoms with E-state index in [1.807, 2.05) is 6.92 Å². The second-order valence-electron chi connectivity index (χ2n) is 4.98. The van der Waals surface area contributed by atoms with Gasteiger partial charge < -0.3 is 10.1 Å². The van der Waals surface area contributed by atoms with Gasteiger partial charge in [0.05, 0.1) is 6.61 Å². The molecule has 19 heavy (non-hydrogen) atoms. The van der Waals surface area contributed by atoms with Crippen LogP contribution in [0.5, 0.6) is 0 Å². The van der Waals surface area contributed by atoms with Crippen molar-refractivity contribution in [3.05, 3.63) is 0 Å². The van der Waals surface area contributed by atoms with Crippen LogP contribution < -0.4 is 5.32 Å². The standard InChI is InChI=1S/C14H28F3NO/c1-3-5-6-7-8-9-13(18-10-4-2)11-19-12-14(15,16)17/h13,18H,3-12H2,1-2H3. The Kier molecular flexibility index (Phi) is 11.4. The highest BCUT2D eigenvalue weighted by Gasteiger charge is 2.27. The molecule has 0 aliphatic heterocycles. The lowest BCUT2D eigenvalue weighted by Gasteiger charge is -2.19. The van der Waals surface area contributed by atoms with Crippen molar-refractivity contribution in [2.45, 2.75) is 71.0 Å². The Labute approximate surface area is 115 Å². The summed E-state index contributed by atoms with van der Waals surface area (Å²) >= 11 is 0. The minimum atomic E-state index is -4.23. The smallest absolute Gasteiger partial charge is 0.370 e. The van der Waals surface area contributed by atoms with E-state index in [0.717, 1.165) is 32.2 Å². The van der Waals surface area contributed by atoms with Gasteiger partial charge in [-0.1, -0.05) is 46.0 Å². The lowest BCUT2D eigenvalue weighted by molar-refractivity contribution is -0.175. The first-order valence-electron chi connectivity index (χ1n) is 7.37. The molecule has 0 rings (SSSR count). The molecule has 1 atom stereocenters. The number of ether oxygens (including phenoxy) is 1. The van der Waals surface area contributed by atoms with E-state index in [1.54, 1.807) is 0 Å². The van der Waals surface area contributed by atoms with E-state index in [4.69, 9.17) is 4.74 Å². The maximum Gasteiger partial charge on any atom is 0.411 e. The van der Waals surface area contributed by atoms with Crippen LogP contribution >= 0.6 is 0 Å². The number of nitrogens with one attached hydrogen (secondary N) is 1. The Morgan fingerprint density at radius 1 is 1.00 bits per heavy atom. The Balaban J connectivity index is 3.75. The first-order chi connectivity index (χ1) is 8.99. The molecule has 0 aromatic carbocycles. The number of alkyl halides is 3. The van der Waals surface area contributed by atoms with Gasteiger partial charge in [-0.3, -0.25) is 0 Å². The number of halogens is 3. The van der Waals surface area contributed by atoms with Crippen molar-refractivity contribution in [2.75, 3.05) is 19.8 Å². The normalized spacial score (nSPS) is 13.7. The summed E-state index contributed by atoms with van der Waals surface area (Å²) in [6.07, 6.45) is 3.49. The summed E-state index contributed by atoms with van der Waals surface area (Å²) in [6, 6.07) is 0.0453. The van der Waals surface area contributed by atoms with Gasteiger partial charge in [-0.15, -0.1) is 0 Å². The third-order valence-corrected chi connectivity index (χ3v) is 2.92. The van der Waals surface area contributed by atoms with Crippen LogP contribution in [0.1, 0.15) is 58.8 Å². The van der Waals surface area contributed by atoms with E-state index in [2.05, 4.69) is 12.2 Å². The predicted molar refractivity (Wildman–Crippen MR) is 72.3 cm³/mol. The highest BCUT2D eigenvalue weighted by Crippen LogP contribution is 2.15. The summed E-state index contributed by atoms with van der Waals surface area (Å²) in [6.45, 7) is 4.04. The molecule has 1 N–H and O–H groups in total. The molecule has 0 spiro atoms. The molecule has 0 bridgehead atoms. The van der Waals surface area contributed by atoms with E-state index < -0.39 is 12.8 Å². The fourth-order valence-corrected chi connectivity index (χ4v) is 1.90. The van der Waals surface area contributed by atoms with Crippen molar-refractivity contribution in [3.8, 4) is 0 Å². The van der Waals surface area contributed by atoms with Crippen molar-refractivity contribution >= 4 is 0 Å². The molecular weight excluding hydrogens is 255 g/mol. The molecule has 1 unspecified atom stereocenters. The molecular formula is C14H28F3NO. The molecule has 0 aromatic heterocycles. The average Bonchev–Trinajstić information content (AvgIpc) is 2.33. The highest BCUT2D eigenvalue weighted by molar-refractivity contribution is 4.66. The largest absolute Gasteiger partial charge is 0.411 e. The molecule has 0 saturated carbocycles. The molecule has 0 amide bonds. The van der Waals surface area contributed by atoms with Gasteiger partial charge in [0.2, 0.25) is 0 Å². The topological polar surface area (TPSA) is 21.3 Å². The zero-order valence-corrected chi connectivity index (χ0v) is 12.2. The SMILES string of the molecule is CCCCCCCC(COCC(F)(F)F)NCCC. The fourth-order valence-electron chi connectivity index (χ4n) is 1.90. The van der Waals surface area contributed by atoms with Crippen molar-refractivity contribution in [1.82, 2.24) is 5.32 Å². The van der Waals surface area contributed by atoms with Crippen LogP contribution in [0.15, 0.2) is 0 Å². The molecule has 0 saturated heterocycles. The number of rotatable bonds is 12. The minimum Gasteiger partial charge on any atom is -0.370 e. The molecule has 0 aliphatic carbocycles. The summed E-state index contributed by atoms with van der Waals surface area (Å²) in [4.78, 5) is 0. The van der Waals surface area contributed by atoms with E-state index in [1.165, 1.54) is 19.3 Å². The van der Waals surface area contributed by atoms with Crippen LogP contribution in [0, 0.1) is 0 Å². The quantitative estimate of drug-likeness (QED) is 0.539. The van der Waals surface area contributed by atoms with Crippen molar-refractivity contribution < 1.29 is 17.9 Å². The van der Waals surface area contributed by atoms with Gasteiger partial charge in [-0.05, 0) is 19.4 Å². The van der Waals surface area contributed by atoms with Gasteiger partial charge in [0.1, 0.15) is 6.61 Å². The molecule has 0 heterocycles. The lowest BCUT2D eigenvalue weighted by Crippen LogP contribution is -2.35. The predicted octanol–water partition coefficient (Wildman–Crippen LogP) is 4.29. The molecule has 5 heteroatoms. The molecule has 2 nitrogen and oxygen atoms in total. The van der Waals surface area contributed by atoms with Crippen LogP contribution in [0.25, 0.3) is 0 Å². The van der Waals surface area contributed by atoms with E-state index in [9.17, 15) is 13.2 Å². The first kappa shape index (κ1) is 18.7. The lowest BCUT2D eigenvalue weighted by atomic mass is 10.1. The monoisotopic (exact) mass is 283 g/mol. The van der Waals surface area contributed by atoms with E-state index in [-0.39, 0.29) is 12.6 Å². The summed E-state index contributed by atoms with van der Waals surface area (Å²) in [5.41, 5.74) is 0. The van der Waals surface area contributed by atoms with Gasteiger partial charge >= 0.3 is 6.18 Å². The van der Waals surface area contributed by atoms with Crippen molar-refractivity contribution in [3.63, 3.8) is 0 Å². The van der Waals surface area contributed by atoms with E-state index >= 15 is 0 Å². The molecule has 0 fully saturated rings. The van der Waals surface area contributed by atoms with Crippen LogP contribution in [-0.4, -0.2) is 32.0 Å². The maximum atomic E-state index is 12.0. The van der Waals surface area contributed by atoms with Gasteiger partial charge in [-0.25, -0.2) is 0 Å². The average molecular weight is 283 g/mol. The molecule has 0 radical (unpaired) electrons. The summed E-state index contributed by atoms with van der Waals surface area (Å²) < 4.78 is 40.8. The zero-order valence-electron chi connectivity index (χ0n) is 12.2. The molecule has 116 valence electrons. The van der Waals surface area contributed by atoms with Gasteiger partial charge in [0.15, 0.2) is 0 Å². The second kappa shape index (κ2) is 11.5. The molecule has 0 aliphatic rings. The third-order valence-electron chi connectivity index (χ3n) is 2.92. The second-order valence-corrected chi connectivity index (χ2v) is 4.98. The number of unbranched alkanes of at least 4 members (excludes halogenated alkanes) is 4. The fraction of sp³-hybridized carbons (Fsp3) is 1.00. The van der Waals surface area contributed by atoms with Crippen molar-refractivity contribution in [1.29, 1.82) is 0 Å². The van der Waals surface area contributed by atoms with Crippen LogP contribution in [-0.2, 0) is 4.74 Å². The van der Waals surface area contributed by atoms with Crippen LogP contribution in [0.2, 0.25) is 0 Å².